The van der Waals surface area contributed by atoms with Gasteiger partial charge in [0.15, 0.2) is 34.9 Å². The molecule has 2 aliphatic heterocycles. The molecule has 0 bridgehead atoms. The number of terminal acetylenes is 1. The van der Waals surface area contributed by atoms with Gasteiger partial charge in [0.2, 0.25) is 5.28 Å². The molecule has 5 rings (SSSR count). The number of hydrogen-bond donors (Lipinski definition) is 4. The zero-order chi connectivity index (χ0) is 30.4. The van der Waals surface area contributed by atoms with Gasteiger partial charge in [0.1, 0.15) is 12.2 Å². The second-order valence-electron chi connectivity index (χ2n) is 9.68. The van der Waals surface area contributed by atoms with Gasteiger partial charge in [0.25, 0.3) is 0 Å². The Bertz CT molecular complexity index is 1480. The van der Waals surface area contributed by atoms with Gasteiger partial charge in [-0.05, 0) is 30.0 Å². The van der Waals surface area contributed by atoms with Gasteiger partial charge in [0, 0.05) is 13.0 Å². The van der Waals surface area contributed by atoms with Crippen molar-refractivity contribution in [3.05, 3.63) is 47.5 Å². The second kappa shape index (κ2) is 13.4. The number of anilines is 1. The van der Waals surface area contributed by atoms with Gasteiger partial charge in [0.05, 0.1) is 25.6 Å². The van der Waals surface area contributed by atoms with Crippen LogP contribution in [0, 0.1) is 12.3 Å². The highest BCUT2D eigenvalue weighted by Crippen LogP contribution is 2.40. The molecule has 0 radical (unpaired) electrons. The molecule has 0 amide bonds. The molecular formula is C27H28ClN5O9. The molecule has 222 valence electrons. The number of benzene rings is 1. The summed E-state index contributed by atoms with van der Waals surface area (Å²) in [6.45, 7) is 0.178. The van der Waals surface area contributed by atoms with Crippen LogP contribution >= 0.6 is 11.6 Å². The molecule has 4 N–H and O–H groups in total. The number of carbonyl (C=O) groups excluding carboxylic acids is 2. The monoisotopic (exact) mass is 601 g/mol. The second-order valence-corrected chi connectivity index (χ2v) is 10.0. The van der Waals surface area contributed by atoms with E-state index in [-0.39, 0.29) is 36.2 Å². The van der Waals surface area contributed by atoms with Crippen molar-refractivity contribution in [3.63, 3.8) is 0 Å². The Kier molecular flexibility index (Phi) is 9.87. The number of carboxylic acids is 1. The summed E-state index contributed by atoms with van der Waals surface area (Å²) >= 11 is 6.24. The molecule has 0 saturated carbocycles. The maximum Gasteiger partial charge on any atom is 0.373 e. The highest BCUT2D eigenvalue weighted by molar-refractivity contribution is 6.28. The number of halogens is 1. The minimum absolute atomic E-state index is 0.0627. The maximum absolute atomic E-state index is 11.8. The SMILES string of the molecule is C#C[C@@]1(O)[C@@H](COC(Cc2ccccc2)C(=O)O)O[C@@H](n2cnc3c(N4CCC[C@@H]4CO)nc(Cl)nc32)[C@@H]1O.O=C=O. The number of aromatic nitrogens is 4. The van der Waals surface area contributed by atoms with E-state index in [4.69, 9.17) is 37.1 Å². The van der Waals surface area contributed by atoms with E-state index < -0.39 is 42.7 Å². The fraction of sp³-hybridized carbons (Fsp3) is 0.444. The van der Waals surface area contributed by atoms with E-state index in [1.54, 1.807) is 24.3 Å². The number of aliphatic carboxylic acids is 1. The van der Waals surface area contributed by atoms with E-state index in [2.05, 4.69) is 20.9 Å². The number of imidazole rings is 1. The highest BCUT2D eigenvalue weighted by Gasteiger charge is 2.56. The molecule has 2 fully saturated rings. The van der Waals surface area contributed by atoms with Crippen LogP contribution in [0.1, 0.15) is 24.6 Å². The summed E-state index contributed by atoms with van der Waals surface area (Å²) in [6.07, 6.45) is 3.56. The van der Waals surface area contributed by atoms with Crippen LogP contribution in [0.3, 0.4) is 0 Å². The zero-order valence-corrected chi connectivity index (χ0v) is 22.9. The topological polar surface area (TPSA) is 197 Å². The average molecular weight is 602 g/mol. The normalized spacial score (nSPS) is 25.8. The molecule has 3 aromatic rings. The van der Waals surface area contributed by atoms with E-state index in [0.717, 1.165) is 18.4 Å². The standard InChI is InChI=1S/C26H28ClN5O7.CO2/c1-2-26(37)18(13-38-17(24(35)36)11-15-7-4-3-5-8-15)39-23(20(26)34)32-14-28-19-21(29-25(27)30-22(19)32)31-10-6-9-16(31)12-33;2-1-3/h1,3-5,7-8,14,16-18,20,23,33-34,37H,6,9-13H2,(H,35,36);/t16-,17?,18-,20+,23-,26-;/m1./s1. The average Bonchev–Trinajstić information content (AvgIpc) is 3.69. The molecule has 0 aliphatic carbocycles. The van der Waals surface area contributed by atoms with Gasteiger partial charge < -0.3 is 34.8 Å². The van der Waals surface area contributed by atoms with Crippen LogP contribution in [0.5, 0.6) is 0 Å². The van der Waals surface area contributed by atoms with Crippen LogP contribution in [0.2, 0.25) is 5.28 Å². The van der Waals surface area contributed by atoms with Crippen LogP contribution in [0.25, 0.3) is 11.2 Å². The largest absolute Gasteiger partial charge is 0.479 e. The van der Waals surface area contributed by atoms with Gasteiger partial charge in [-0.2, -0.15) is 19.6 Å². The minimum Gasteiger partial charge on any atom is -0.479 e. The van der Waals surface area contributed by atoms with Crippen molar-refractivity contribution >= 4 is 40.7 Å². The van der Waals surface area contributed by atoms with Gasteiger partial charge in [-0.25, -0.2) is 9.78 Å². The first-order valence-corrected chi connectivity index (χ1v) is 13.2. The predicted octanol–water partition coefficient (Wildman–Crippen LogP) is 0.192. The van der Waals surface area contributed by atoms with Crippen LogP contribution in [0.15, 0.2) is 36.7 Å². The summed E-state index contributed by atoms with van der Waals surface area (Å²) in [5.74, 6) is 1.43. The molecule has 1 aromatic carbocycles. The Labute approximate surface area is 244 Å². The highest BCUT2D eigenvalue weighted by atomic mass is 35.5. The lowest BCUT2D eigenvalue weighted by molar-refractivity contribution is -0.191. The summed E-state index contributed by atoms with van der Waals surface area (Å²) in [5.41, 5.74) is -0.853. The van der Waals surface area contributed by atoms with Crippen LogP contribution in [0.4, 0.5) is 5.82 Å². The lowest BCUT2D eigenvalue weighted by atomic mass is 9.93. The predicted molar refractivity (Wildman–Crippen MR) is 144 cm³/mol. The van der Waals surface area contributed by atoms with Crippen molar-refractivity contribution in [2.24, 2.45) is 0 Å². The Morgan fingerprint density at radius 2 is 2.00 bits per heavy atom. The van der Waals surface area contributed by atoms with E-state index in [0.29, 0.717) is 17.9 Å². The van der Waals surface area contributed by atoms with Crippen molar-refractivity contribution in [2.45, 2.75) is 55.4 Å². The van der Waals surface area contributed by atoms with E-state index in [1.165, 1.54) is 10.9 Å². The van der Waals surface area contributed by atoms with Crippen molar-refractivity contribution in [2.75, 3.05) is 24.7 Å². The van der Waals surface area contributed by atoms with Crippen LogP contribution in [-0.2, 0) is 30.3 Å². The lowest BCUT2D eigenvalue weighted by Gasteiger charge is -2.26. The Balaban J connectivity index is 0.00000129. The fourth-order valence-electron chi connectivity index (χ4n) is 5.13. The molecule has 15 heteroatoms. The first kappa shape index (κ1) is 31.0. The number of aliphatic hydroxyl groups excluding tert-OH is 2. The number of hydrogen-bond acceptors (Lipinski definition) is 12. The van der Waals surface area contributed by atoms with Gasteiger partial charge >= 0.3 is 12.1 Å². The molecule has 0 spiro atoms. The summed E-state index contributed by atoms with van der Waals surface area (Å²) in [7, 11) is 0. The number of aliphatic hydroxyl groups is 3. The van der Waals surface area contributed by atoms with Crippen molar-refractivity contribution < 1.29 is 44.3 Å². The smallest absolute Gasteiger partial charge is 0.373 e. The Morgan fingerprint density at radius 1 is 1.29 bits per heavy atom. The van der Waals surface area contributed by atoms with Gasteiger partial charge in [-0.1, -0.05) is 36.3 Å². The number of fused-ring (bicyclic) bond motifs is 1. The van der Waals surface area contributed by atoms with E-state index >= 15 is 0 Å². The molecule has 2 saturated heterocycles. The number of carbonyl (C=O) groups is 1. The minimum atomic E-state index is -2.20. The molecular weight excluding hydrogens is 574 g/mol. The van der Waals surface area contributed by atoms with Crippen molar-refractivity contribution in [3.8, 4) is 12.3 Å². The summed E-state index contributed by atoms with van der Waals surface area (Å²) in [5, 5.41) is 41.7. The molecule has 1 unspecified atom stereocenters. The van der Waals surface area contributed by atoms with Crippen LogP contribution in [-0.4, -0.2) is 102 Å². The quantitative estimate of drug-likeness (QED) is 0.192. The Morgan fingerprint density at radius 3 is 2.64 bits per heavy atom. The third-order valence-electron chi connectivity index (χ3n) is 7.24. The molecule has 14 nitrogen and oxygen atoms in total. The van der Waals surface area contributed by atoms with Crippen molar-refractivity contribution in [1.29, 1.82) is 0 Å². The molecule has 42 heavy (non-hydrogen) atoms. The maximum atomic E-state index is 11.8. The number of rotatable bonds is 9. The third-order valence-corrected chi connectivity index (χ3v) is 7.41. The third kappa shape index (κ3) is 6.13. The fourth-order valence-corrected chi connectivity index (χ4v) is 5.29. The zero-order valence-electron chi connectivity index (χ0n) is 22.1. The van der Waals surface area contributed by atoms with Crippen LogP contribution < -0.4 is 4.90 Å². The first-order chi connectivity index (χ1) is 20.2. The Hall–Kier alpha value is -3.93. The number of carboxylic acid groups (broad SMARTS) is 1. The number of ether oxygens (including phenoxy) is 2. The lowest BCUT2D eigenvalue weighted by Crippen LogP contribution is -2.48. The molecule has 4 heterocycles. The summed E-state index contributed by atoms with van der Waals surface area (Å²) in [6, 6.07) is 8.80. The molecule has 2 aliphatic rings. The summed E-state index contributed by atoms with van der Waals surface area (Å²) in [4.78, 5) is 43.0. The van der Waals surface area contributed by atoms with Gasteiger partial charge in [-0.15, -0.1) is 6.42 Å². The first-order valence-electron chi connectivity index (χ1n) is 12.9. The molecule has 6 atom stereocenters. The van der Waals surface area contributed by atoms with E-state index in [9.17, 15) is 25.2 Å². The van der Waals surface area contributed by atoms with Gasteiger partial charge in [-0.3, -0.25) is 4.57 Å². The summed E-state index contributed by atoms with van der Waals surface area (Å²) < 4.78 is 13.0. The van der Waals surface area contributed by atoms with E-state index in [1.807, 2.05) is 11.0 Å². The van der Waals surface area contributed by atoms with Crippen molar-refractivity contribution in [1.82, 2.24) is 19.5 Å². The number of nitrogens with zero attached hydrogens (tertiary/aromatic N) is 5. The molecule has 2 aromatic heterocycles.